The van der Waals surface area contributed by atoms with Gasteiger partial charge >= 0.3 is 0 Å². The van der Waals surface area contributed by atoms with Crippen molar-refractivity contribution in [3.8, 4) is 33.6 Å². The minimum Gasteiger partial charge on any atom is -0.333 e. The predicted molar refractivity (Wildman–Crippen MR) is 239 cm³/mol. The molecule has 3 heteroatoms. The van der Waals surface area contributed by atoms with Crippen molar-refractivity contribution in [2.24, 2.45) is 0 Å². The number of hydrogen-bond donors (Lipinski definition) is 0. The average Bonchev–Trinajstić information content (AvgIpc) is 1.55. The van der Waals surface area contributed by atoms with Crippen molar-refractivity contribution in [3.63, 3.8) is 0 Å². The molecule has 1 aliphatic carbocycles. The van der Waals surface area contributed by atoms with Crippen LogP contribution in [0.1, 0.15) is 58.1 Å². The molecule has 0 N–H and O–H groups in total. The van der Waals surface area contributed by atoms with E-state index in [-0.39, 0.29) is 11.3 Å². The highest BCUT2D eigenvalue weighted by Crippen LogP contribution is 2.48. The van der Waals surface area contributed by atoms with E-state index in [1.54, 1.807) is 0 Å². The van der Waals surface area contributed by atoms with E-state index in [9.17, 15) is 23.3 Å². The molecule has 3 heterocycles. The number of para-hydroxylation sites is 3. The van der Waals surface area contributed by atoms with Gasteiger partial charge in [0, 0.05) is 50.2 Å². The monoisotopic (exact) mass is 762 g/mol. The molecular formula is C54H37N3. The fraction of sp³-hybridized carbons (Fsp3) is 0.0370. The van der Waals surface area contributed by atoms with E-state index in [0.29, 0.717) is 9.13 Å². The highest BCUT2D eigenvalue weighted by Gasteiger charge is 2.37. The lowest BCUT2D eigenvalue weighted by atomic mass is 9.91. The largest absolute Gasteiger partial charge is 0.333 e. The van der Waals surface area contributed by atoms with Crippen molar-refractivity contribution >= 4 is 55.0 Å². The second-order valence-electron chi connectivity index (χ2n) is 12.7. The van der Waals surface area contributed by atoms with Crippen LogP contribution >= 0.6 is 0 Å². The predicted octanol–water partition coefficient (Wildman–Crippen LogP) is 13.9. The fourth-order valence-corrected chi connectivity index (χ4v) is 7.22. The molecule has 2 atom stereocenters. The van der Waals surface area contributed by atoms with Gasteiger partial charge in [-0.15, -0.1) is 0 Å². The van der Waals surface area contributed by atoms with E-state index in [0.717, 1.165) is 11.0 Å². The summed E-state index contributed by atoms with van der Waals surface area (Å²) in [5, 5.41) is -2.65. The maximum atomic E-state index is 10.4. The lowest BCUT2D eigenvalue weighted by molar-refractivity contribution is 0.745. The Kier molecular flexibility index (Phi) is 2.90. The van der Waals surface area contributed by atoms with E-state index >= 15 is 0 Å². The smallest absolute Gasteiger partial charge is 0.0667 e. The van der Waals surface area contributed by atoms with Gasteiger partial charge in [-0.25, -0.2) is 0 Å². The summed E-state index contributed by atoms with van der Waals surface area (Å²) in [6.45, 7) is 0. The summed E-state index contributed by atoms with van der Waals surface area (Å²) >= 11 is 0. The van der Waals surface area contributed by atoms with Crippen molar-refractivity contribution in [3.05, 3.63) is 217 Å². The van der Waals surface area contributed by atoms with Crippen molar-refractivity contribution in [2.75, 3.05) is 4.90 Å². The van der Waals surface area contributed by atoms with Gasteiger partial charge in [-0.05, 0) is 82.2 Å². The second kappa shape index (κ2) is 12.6. The number of benzene rings is 8. The SMILES string of the molecule is [2H]C1=C([2H])C2c3c(cc([2H])c([2H])c3[2H])N(c3c([2H])c([2H])c4c5c([2H])c([2H])c([2H])c([2H])c5n(-c5c([2H])c([2H])c6c7c([2H])c([2H])c([2H])c([2H])c7n(-c7c([2H])c([2H])c([2H])c(-c8c([2H])c([2H])c(-c9c([2H])c([2H])c([2H])c([2H])c9[2H])c([2H])c8[2H])c7[2H])c6c5[2H])c4c3[2H])C2C([2H])=C1[2H]. The standard InChI is InChI=1S/C54H37N3/c1-2-13-36(14-3-1)37-25-27-38(28-26-37)39-15-12-16-40(33-39)56-51-23-10-6-19-45(51)47-32-30-42(35-53(47)56)57-52-24-11-7-20-46(52)48-31-29-41(34-54(48)57)55-49-21-8-4-17-43(49)44-18-5-9-22-50(44)55/h1-35,43,49H/i1D,2D,3D,4D,5D,6D,7D,8D,9D,10D,11D,12D,13D,14D,15D,16D,17D,18D,19D,20D,21D,23D,24D,25D,26D,27D,28D,29D,30D,31D,32D,33D,34D,35D. The van der Waals surface area contributed by atoms with Crippen LogP contribution in [0.15, 0.2) is 212 Å². The van der Waals surface area contributed by atoms with Crippen molar-refractivity contribution in [1.82, 2.24) is 9.13 Å². The molecule has 2 aromatic heterocycles. The van der Waals surface area contributed by atoms with Crippen LogP contribution in [0.4, 0.5) is 11.4 Å². The molecule has 3 nitrogen and oxygen atoms in total. The van der Waals surface area contributed by atoms with Gasteiger partial charge in [0.25, 0.3) is 0 Å². The zero-order valence-electron chi connectivity index (χ0n) is 62.6. The lowest BCUT2D eigenvalue weighted by Crippen LogP contribution is -2.28. The van der Waals surface area contributed by atoms with Crippen LogP contribution in [0, 0.1) is 0 Å². The van der Waals surface area contributed by atoms with Crippen LogP contribution in [0.2, 0.25) is 0 Å². The quantitative estimate of drug-likeness (QED) is 0.170. The molecule has 268 valence electrons. The molecule has 0 spiro atoms. The third-order valence-corrected chi connectivity index (χ3v) is 9.64. The van der Waals surface area contributed by atoms with Gasteiger partial charge in [0.05, 0.1) is 74.7 Å². The summed E-state index contributed by atoms with van der Waals surface area (Å²) < 4.78 is 312. The molecule has 0 fully saturated rings. The first-order valence-electron chi connectivity index (χ1n) is 34.1. The number of allylic oxidation sites excluding steroid dienone is 2. The van der Waals surface area contributed by atoms with Crippen molar-refractivity contribution in [1.29, 1.82) is 0 Å². The Morgan fingerprint density at radius 1 is 0.386 bits per heavy atom. The number of aromatic nitrogens is 2. The Bertz CT molecular complexity index is 5190. The Morgan fingerprint density at radius 2 is 0.930 bits per heavy atom. The second-order valence-corrected chi connectivity index (χ2v) is 12.7. The van der Waals surface area contributed by atoms with Gasteiger partial charge in [-0.1, -0.05) is 157 Å². The Balaban J connectivity index is 1.27. The zero-order chi connectivity index (χ0) is 67.0. The normalized spacial score (nSPS) is 24.9. The Labute approximate surface area is 379 Å². The highest BCUT2D eigenvalue weighted by molar-refractivity contribution is 6.12. The van der Waals surface area contributed by atoms with Gasteiger partial charge in [-0.3, -0.25) is 0 Å². The summed E-state index contributed by atoms with van der Waals surface area (Å²) in [6.07, 6.45) is 0. The van der Waals surface area contributed by atoms with Gasteiger partial charge in [-0.2, -0.15) is 0 Å². The Hall–Kier alpha value is -7.36. The van der Waals surface area contributed by atoms with Crippen LogP contribution in [0.5, 0.6) is 0 Å². The number of rotatable bonds is 5. The third kappa shape index (κ3) is 4.92. The highest BCUT2D eigenvalue weighted by atomic mass is 15.2. The van der Waals surface area contributed by atoms with Gasteiger partial charge in [0.15, 0.2) is 0 Å². The number of nitrogens with zero attached hydrogens (tertiary/aromatic N) is 3. The van der Waals surface area contributed by atoms with Crippen molar-refractivity contribution < 1.29 is 46.6 Å². The minimum absolute atomic E-state index is 0.250. The minimum atomic E-state index is -1.72. The topological polar surface area (TPSA) is 13.1 Å². The molecule has 2 aliphatic rings. The molecule has 0 bridgehead atoms. The van der Waals surface area contributed by atoms with Crippen LogP contribution in [0.25, 0.3) is 77.2 Å². The molecule has 8 aromatic carbocycles. The summed E-state index contributed by atoms with van der Waals surface area (Å²) in [5.41, 5.74) is -9.88. The van der Waals surface area contributed by atoms with Crippen LogP contribution in [-0.4, -0.2) is 15.2 Å². The van der Waals surface area contributed by atoms with Crippen LogP contribution in [0.3, 0.4) is 0 Å². The van der Waals surface area contributed by atoms with E-state index in [1.807, 2.05) is 0 Å². The first kappa shape index (κ1) is 13.1. The van der Waals surface area contributed by atoms with Gasteiger partial charge in [0.1, 0.15) is 0 Å². The zero-order valence-corrected chi connectivity index (χ0v) is 28.6. The van der Waals surface area contributed by atoms with Gasteiger partial charge < -0.3 is 14.0 Å². The summed E-state index contributed by atoms with van der Waals surface area (Å²) in [5.74, 6) is -1.56. The molecule has 12 rings (SSSR count). The molecule has 2 unspecified atom stereocenters. The summed E-state index contributed by atoms with van der Waals surface area (Å²) in [7, 11) is 0. The van der Waals surface area contributed by atoms with E-state index in [2.05, 4.69) is 0 Å². The van der Waals surface area contributed by atoms with E-state index < -0.39 is 300 Å². The lowest BCUT2D eigenvalue weighted by Gasteiger charge is -2.29. The molecular weight excluding hydrogens is 691 g/mol. The number of fused-ring (bicyclic) bond motifs is 9. The summed E-state index contributed by atoms with van der Waals surface area (Å²) in [4.78, 5) is 0.980. The molecule has 57 heavy (non-hydrogen) atoms. The first-order valence-corrected chi connectivity index (χ1v) is 17.1. The maximum absolute atomic E-state index is 10.4. The molecule has 0 saturated carbocycles. The molecule has 0 saturated heterocycles. The van der Waals surface area contributed by atoms with E-state index in [1.165, 1.54) is 0 Å². The van der Waals surface area contributed by atoms with Crippen LogP contribution < -0.4 is 4.90 Å². The third-order valence-electron chi connectivity index (χ3n) is 9.64. The van der Waals surface area contributed by atoms with Crippen LogP contribution in [-0.2, 0) is 0 Å². The number of hydrogen-bond acceptors (Lipinski definition) is 1. The Morgan fingerprint density at radius 3 is 1.67 bits per heavy atom. The van der Waals surface area contributed by atoms with Crippen molar-refractivity contribution in [2.45, 2.75) is 12.0 Å². The van der Waals surface area contributed by atoms with Gasteiger partial charge in [0.2, 0.25) is 0 Å². The average molecular weight is 762 g/mol. The molecule has 0 radical (unpaired) electrons. The molecule has 0 amide bonds. The van der Waals surface area contributed by atoms with E-state index in [4.69, 9.17) is 23.3 Å². The first-order chi connectivity index (χ1) is 42.4. The molecule has 1 aliphatic heterocycles. The molecule has 10 aromatic rings. The maximum Gasteiger partial charge on any atom is 0.0667 e. The summed E-state index contributed by atoms with van der Waals surface area (Å²) in [6, 6.07) is -33.1. The fourth-order valence-electron chi connectivity index (χ4n) is 7.22. The number of anilines is 2.